The van der Waals surface area contributed by atoms with Crippen molar-refractivity contribution >= 4 is 17.3 Å². The molecular weight excluding hydrogens is 256 g/mol. The minimum Gasteiger partial charge on any atom is -0.369 e. The van der Waals surface area contributed by atoms with E-state index in [-0.39, 0.29) is 0 Å². The van der Waals surface area contributed by atoms with Crippen LogP contribution < -0.4 is 4.90 Å². The average molecular weight is 271 g/mol. The minimum atomic E-state index is 0.639. The molecular formula is C16H15ClN2. The molecule has 0 spiro atoms. The second-order valence-electron chi connectivity index (χ2n) is 4.56. The molecule has 19 heavy (non-hydrogen) atoms. The zero-order valence-electron chi connectivity index (χ0n) is 11.0. The molecule has 0 unspecified atom stereocenters. The largest absolute Gasteiger partial charge is 0.369 e. The topological polar surface area (TPSA) is 27.0 Å². The lowest BCUT2D eigenvalue weighted by atomic mass is 10.1. The third-order valence-electron chi connectivity index (χ3n) is 3.16. The lowest BCUT2D eigenvalue weighted by molar-refractivity contribution is 0.912. The van der Waals surface area contributed by atoms with Gasteiger partial charge in [0.15, 0.2) is 0 Å². The van der Waals surface area contributed by atoms with E-state index in [1.807, 2.05) is 30.1 Å². The van der Waals surface area contributed by atoms with Crippen LogP contribution in [-0.4, -0.2) is 7.05 Å². The van der Waals surface area contributed by atoms with Crippen LogP contribution in [0.3, 0.4) is 0 Å². The van der Waals surface area contributed by atoms with Gasteiger partial charge in [0.2, 0.25) is 0 Å². The van der Waals surface area contributed by atoms with Crippen LogP contribution in [0.1, 0.15) is 16.7 Å². The molecule has 2 aromatic carbocycles. The maximum absolute atomic E-state index is 9.16. The first kappa shape index (κ1) is 13.5. The molecule has 0 saturated heterocycles. The molecule has 96 valence electrons. The molecule has 0 aliphatic heterocycles. The van der Waals surface area contributed by atoms with E-state index in [0.717, 1.165) is 12.2 Å². The van der Waals surface area contributed by atoms with Gasteiger partial charge in [-0.2, -0.15) is 5.26 Å². The van der Waals surface area contributed by atoms with Crippen LogP contribution in [0, 0.1) is 18.3 Å². The van der Waals surface area contributed by atoms with E-state index in [2.05, 4.69) is 25.1 Å². The molecule has 0 N–H and O–H groups in total. The molecule has 0 atom stereocenters. The van der Waals surface area contributed by atoms with Gasteiger partial charge in [-0.1, -0.05) is 35.9 Å². The number of halogens is 1. The number of hydrogen-bond donors (Lipinski definition) is 0. The fourth-order valence-corrected chi connectivity index (χ4v) is 2.21. The monoisotopic (exact) mass is 270 g/mol. The van der Waals surface area contributed by atoms with Gasteiger partial charge in [-0.05, 0) is 36.2 Å². The highest BCUT2D eigenvalue weighted by Gasteiger charge is 2.09. The summed E-state index contributed by atoms with van der Waals surface area (Å²) in [5.74, 6) is 0. The molecule has 0 heterocycles. The third-order valence-corrected chi connectivity index (χ3v) is 3.40. The Morgan fingerprint density at radius 1 is 1.21 bits per heavy atom. The Labute approximate surface area is 118 Å². The molecule has 0 bridgehead atoms. The van der Waals surface area contributed by atoms with Crippen LogP contribution in [0.25, 0.3) is 0 Å². The number of rotatable bonds is 3. The molecule has 0 amide bonds. The van der Waals surface area contributed by atoms with Crippen molar-refractivity contribution in [2.75, 3.05) is 11.9 Å². The third kappa shape index (κ3) is 3.07. The molecule has 0 aromatic heterocycles. The van der Waals surface area contributed by atoms with E-state index in [1.165, 1.54) is 11.1 Å². The highest BCUT2D eigenvalue weighted by Crippen LogP contribution is 2.25. The number of nitrogens with zero attached hydrogens (tertiary/aromatic N) is 2. The van der Waals surface area contributed by atoms with Gasteiger partial charge >= 0.3 is 0 Å². The van der Waals surface area contributed by atoms with Crippen molar-refractivity contribution in [2.24, 2.45) is 0 Å². The van der Waals surface area contributed by atoms with E-state index in [9.17, 15) is 0 Å². The normalized spacial score (nSPS) is 10.0. The van der Waals surface area contributed by atoms with Crippen molar-refractivity contribution in [1.29, 1.82) is 5.26 Å². The smallest absolute Gasteiger partial charge is 0.101 e. The van der Waals surface area contributed by atoms with Gasteiger partial charge in [0.25, 0.3) is 0 Å². The zero-order chi connectivity index (χ0) is 13.8. The summed E-state index contributed by atoms with van der Waals surface area (Å²) in [5, 5.41) is 9.80. The standard InChI is InChI=1S/C16H15ClN2/c1-12-5-3-4-6-14(12)11-19(2)16-9-15(17)8-7-13(16)10-18/h3-9H,11H2,1-2H3. The van der Waals surface area contributed by atoms with Crippen molar-refractivity contribution in [1.82, 2.24) is 0 Å². The van der Waals surface area contributed by atoms with Crippen LogP contribution in [0.4, 0.5) is 5.69 Å². The molecule has 3 heteroatoms. The van der Waals surface area contributed by atoms with Crippen molar-refractivity contribution < 1.29 is 0 Å². The SMILES string of the molecule is Cc1ccccc1CN(C)c1cc(Cl)ccc1C#N. The molecule has 0 radical (unpaired) electrons. The zero-order valence-corrected chi connectivity index (χ0v) is 11.8. The Morgan fingerprint density at radius 3 is 2.63 bits per heavy atom. The number of hydrogen-bond acceptors (Lipinski definition) is 2. The molecule has 2 nitrogen and oxygen atoms in total. The fraction of sp³-hybridized carbons (Fsp3) is 0.188. The Bertz CT molecular complexity index is 629. The van der Waals surface area contributed by atoms with Crippen molar-refractivity contribution in [3.8, 4) is 6.07 Å². The van der Waals surface area contributed by atoms with Gasteiger partial charge in [-0.25, -0.2) is 0 Å². The van der Waals surface area contributed by atoms with Crippen molar-refractivity contribution in [2.45, 2.75) is 13.5 Å². The summed E-state index contributed by atoms with van der Waals surface area (Å²) in [6.45, 7) is 2.84. The van der Waals surface area contributed by atoms with Crippen LogP contribution in [-0.2, 0) is 6.54 Å². The fourth-order valence-electron chi connectivity index (χ4n) is 2.04. The summed E-state index contributed by atoms with van der Waals surface area (Å²) in [5.41, 5.74) is 3.99. The first-order valence-electron chi connectivity index (χ1n) is 6.07. The van der Waals surface area contributed by atoms with Crippen molar-refractivity contribution in [3.63, 3.8) is 0 Å². The first-order valence-corrected chi connectivity index (χ1v) is 6.45. The summed E-state index contributed by atoms with van der Waals surface area (Å²) < 4.78 is 0. The van der Waals surface area contributed by atoms with E-state index in [1.54, 1.807) is 12.1 Å². The van der Waals surface area contributed by atoms with Crippen LogP contribution in [0.5, 0.6) is 0 Å². The maximum atomic E-state index is 9.16. The second-order valence-corrected chi connectivity index (χ2v) is 4.99. The molecule has 0 aliphatic carbocycles. The van der Waals surface area contributed by atoms with Gasteiger partial charge in [0.05, 0.1) is 11.3 Å². The number of aryl methyl sites for hydroxylation is 1. The van der Waals surface area contributed by atoms with Crippen LogP contribution in [0.15, 0.2) is 42.5 Å². The lowest BCUT2D eigenvalue weighted by Gasteiger charge is -2.21. The molecule has 0 saturated carbocycles. The Hall–Kier alpha value is -1.98. The predicted octanol–water partition coefficient (Wildman–Crippen LogP) is 4.16. The van der Waals surface area contributed by atoms with E-state index in [0.29, 0.717) is 10.6 Å². The van der Waals surface area contributed by atoms with Crippen LogP contribution >= 0.6 is 11.6 Å². The van der Waals surface area contributed by atoms with Gasteiger partial charge in [0, 0.05) is 18.6 Å². The maximum Gasteiger partial charge on any atom is 0.101 e. The van der Waals surface area contributed by atoms with Crippen LogP contribution in [0.2, 0.25) is 5.02 Å². The summed E-state index contributed by atoms with van der Waals surface area (Å²) in [6.07, 6.45) is 0. The summed E-state index contributed by atoms with van der Waals surface area (Å²) in [6, 6.07) is 15.8. The van der Waals surface area contributed by atoms with E-state index >= 15 is 0 Å². The van der Waals surface area contributed by atoms with Gasteiger partial charge in [0.1, 0.15) is 6.07 Å². The highest BCUT2D eigenvalue weighted by atomic mass is 35.5. The van der Waals surface area contributed by atoms with E-state index in [4.69, 9.17) is 16.9 Å². The Morgan fingerprint density at radius 2 is 1.95 bits per heavy atom. The average Bonchev–Trinajstić information content (AvgIpc) is 2.41. The number of benzene rings is 2. The summed E-state index contributed by atoms with van der Waals surface area (Å²) in [7, 11) is 1.97. The van der Waals surface area contributed by atoms with Gasteiger partial charge < -0.3 is 4.90 Å². The summed E-state index contributed by atoms with van der Waals surface area (Å²) >= 11 is 6.02. The summed E-state index contributed by atoms with van der Waals surface area (Å²) in [4.78, 5) is 2.05. The molecule has 2 rings (SSSR count). The molecule has 0 fully saturated rings. The first-order chi connectivity index (χ1) is 9.11. The van der Waals surface area contributed by atoms with Gasteiger partial charge in [-0.3, -0.25) is 0 Å². The Kier molecular flexibility index (Phi) is 4.09. The van der Waals surface area contributed by atoms with Gasteiger partial charge in [-0.15, -0.1) is 0 Å². The van der Waals surface area contributed by atoms with E-state index < -0.39 is 0 Å². The second kappa shape index (κ2) is 5.77. The quantitative estimate of drug-likeness (QED) is 0.837. The minimum absolute atomic E-state index is 0.639. The lowest BCUT2D eigenvalue weighted by Crippen LogP contribution is -2.18. The Balaban J connectivity index is 2.30. The molecule has 0 aliphatic rings. The highest BCUT2D eigenvalue weighted by molar-refractivity contribution is 6.30. The number of anilines is 1. The molecule has 2 aromatic rings. The number of nitriles is 1. The van der Waals surface area contributed by atoms with Crippen molar-refractivity contribution in [3.05, 3.63) is 64.2 Å². The predicted molar refractivity (Wildman–Crippen MR) is 79.5 cm³/mol.